The van der Waals surface area contributed by atoms with E-state index in [4.69, 9.17) is 9.97 Å². The summed E-state index contributed by atoms with van der Waals surface area (Å²) in [6, 6.07) is 37.2. The molecule has 0 saturated heterocycles. The van der Waals surface area contributed by atoms with Crippen LogP contribution in [0.1, 0.15) is 56.9 Å². The van der Waals surface area contributed by atoms with Crippen LogP contribution in [0.5, 0.6) is 5.75 Å². The van der Waals surface area contributed by atoms with Gasteiger partial charge in [0.25, 0.3) is 0 Å². The van der Waals surface area contributed by atoms with E-state index in [0.29, 0.717) is 5.52 Å². The molecule has 0 spiro atoms. The summed E-state index contributed by atoms with van der Waals surface area (Å²) >= 11 is 0. The molecule has 0 unspecified atom stereocenters. The molecule has 0 fully saturated rings. The standard InChI is InChI=1S/C40H36N3O.Pt/c1-25-21-22-41-37(23-25)43-34-10-8-7-9-31(34)40(5,6)32-18-13-27(24-35(32)43)33-19-16-30-29(17-20-36(44)38(30)42-33)26-11-14-28(15-12-26)39(2,3)4;/h7-23,44H,1-6H3;/q-1;. The summed E-state index contributed by atoms with van der Waals surface area (Å²) in [6.45, 7) is 13.3. The van der Waals surface area contributed by atoms with E-state index in [-0.39, 0.29) is 37.6 Å². The van der Waals surface area contributed by atoms with Crippen molar-refractivity contribution in [3.05, 3.63) is 132 Å². The van der Waals surface area contributed by atoms with Crippen LogP contribution in [0.4, 0.5) is 17.2 Å². The van der Waals surface area contributed by atoms with Crippen LogP contribution in [0.15, 0.2) is 103 Å². The summed E-state index contributed by atoms with van der Waals surface area (Å²) in [5.74, 6) is 1.02. The fourth-order valence-electron chi connectivity index (χ4n) is 6.41. The molecule has 0 radical (unpaired) electrons. The minimum atomic E-state index is -0.228. The Balaban J connectivity index is 0.00000357. The summed E-state index contributed by atoms with van der Waals surface area (Å²) in [7, 11) is 0. The zero-order valence-corrected chi connectivity index (χ0v) is 28.7. The second-order valence-corrected chi connectivity index (χ2v) is 13.4. The molecule has 4 nitrogen and oxygen atoms in total. The number of hydrogen-bond acceptors (Lipinski definition) is 4. The first kappa shape index (κ1) is 30.7. The number of rotatable bonds is 3. The number of phenols is 1. The molecule has 45 heavy (non-hydrogen) atoms. The normalized spacial score (nSPS) is 13.6. The van der Waals surface area contributed by atoms with Gasteiger partial charge >= 0.3 is 0 Å². The Labute approximate surface area is 280 Å². The molecule has 0 atom stereocenters. The van der Waals surface area contributed by atoms with E-state index in [1.807, 2.05) is 24.4 Å². The van der Waals surface area contributed by atoms with Gasteiger partial charge in [-0.3, -0.25) is 4.98 Å². The predicted octanol–water partition coefficient (Wildman–Crippen LogP) is 10.2. The summed E-state index contributed by atoms with van der Waals surface area (Å²) in [5, 5.41) is 11.9. The Kier molecular flexibility index (Phi) is 7.70. The SMILES string of the molecule is Cc1ccnc(N2c3[c-]c(-c4ccc5c(-c6ccc(C(C)(C)C)cc6)ccc(O)c5n4)ccc3C(C)(C)c3ccccc32)c1.[Pt]. The van der Waals surface area contributed by atoms with Crippen LogP contribution < -0.4 is 4.90 Å². The zero-order chi connectivity index (χ0) is 30.8. The largest absolute Gasteiger partial charge is 0.506 e. The van der Waals surface area contributed by atoms with Crippen LogP contribution in [0.25, 0.3) is 33.3 Å². The smallest absolute Gasteiger partial charge is 0.140 e. The van der Waals surface area contributed by atoms with Gasteiger partial charge < -0.3 is 10.0 Å². The first-order valence-corrected chi connectivity index (χ1v) is 15.2. The molecule has 6 aromatic rings. The van der Waals surface area contributed by atoms with Gasteiger partial charge in [0.05, 0.1) is 0 Å². The van der Waals surface area contributed by atoms with E-state index in [1.165, 1.54) is 16.7 Å². The maximum Gasteiger partial charge on any atom is 0.140 e. The average molecular weight is 770 g/mol. The number of pyridine rings is 2. The van der Waals surface area contributed by atoms with Gasteiger partial charge in [-0.15, -0.1) is 23.8 Å². The molecule has 1 N–H and O–H groups in total. The predicted molar refractivity (Wildman–Crippen MR) is 181 cm³/mol. The number of aromatic hydroxyl groups is 1. The molecule has 0 aliphatic carbocycles. The molecule has 2 aromatic heterocycles. The van der Waals surface area contributed by atoms with Crippen LogP contribution in [0, 0.1) is 13.0 Å². The van der Waals surface area contributed by atoms with Crippen molar-refractivity contribution < 1.29 is 26.2 Å². The van der Waals surface area contributed by atoms with E-state index in [2.05, 4.69) is 125 Å². The molecule has 0 amide bonds. The molecule has 1 aliphatic rings. The number of anilines is 3. The van der Waals surface area contributed by atoms with Gasteiger partial charge in [0.1, 0.15) is 17.1 Å². The number of benzene rings is 4. The summed E-state index contributed by atoms with van der Waals surface area (Å²) in [6.07, 6.45) is 1.86. The van der Waals surface area contributed by atoms with E-state index in [9.17, 15) is 5.11 Å². The maximum atomic E-state index is 11.0. The second kappa shape index (κ2) is 11.3. The number of fused-ring (bicyclic) bond motifs is 3. The Morgan fingerprint density at radius 2 is 1.58 bits per heavy atom. The molecule has 0 bridgehead atoms. The third-order valence-electron chi connectivity index (χ3n) is 8.94. The molecule has 3 heterocycles. The molecule has 0 saturated carbocycles. The van der Waals surface area contributed by atoms with Gasteiger partial charge in [-0.1, -0.05) is 94.8 Å². The van der Waals surface area contributed by atoms with Crippen LogP contribution >= 0.6 is 0 Å². The van der Waals surface area contributed by atoms with Crippen molar-refractivity contribution >= 4 is 28.1 Å². The third kappa shape index (κ3) is 5.26. The first-order valence-electron chi connectivity index (χ1n) is 15.2. The van der Waals surface area contributed by atoms with Gasteiger partial charge in [-0.05, 0) is 87.3 Å². The van der Waals surface area contributed by atoms with E-state index in [1.54, 1.807) is 6.07 Å². The van der Waals surface area contributed by atoms with Gasteiger partial charge in [0.15, 0.2) is 0 Å². The van der Waals surface area contributed by atoms with Crippen molar-refractivity contribution in [3.8, 4) is 28.1 Å². The molecule has 4 aromatic carbocycles. The van der Waals surface area contributed by atoms with Gasteiger partial charge in [-0.2, -0.15) is 0 Å². The van der Waals surface area contributed by atoms with Crippen molar-refractivity contribution in [2.45, 2.75) is 52.4 Å². The Bertz CT molecular complexity index is 2060. The van der Waals surface area contributed by atoms with Gasteiger partial charge in [0.2, 0.25) is 0 Å². The molecule has 5 heteroatoms. The Hall–Kier alpha value is -4.27. The zero-order valence-electron chi connectivity index (χ0n) is 26.4. The van der Waals surface area contributed by atoms with Crippen molar-refractivity contribution in [1.82, 2.24) is 9.97 Å². The minimum absolute atomic E-state index is 0. The van der Waals surface area contributed by atoms with E-state index >= 15 is 0 Å². The Morgan fingerprint density at radius 1 is 0.822 bits per heavy atom. The summed E-state index contributed by atoms with van der Waals surface area (Å²) in [4.78, 5) is 12.0. The molecule has 1 aliphatic heterocycles. The third-order valence-corrected chi connectivity index (χ3v) is 8.94. The number of para-hydroxylation sites is 1. The Morgan fingerprint density at radius 3 is 2.31 bits per heavy atom. The fraction of sp³-hybridized carbons (Fsp3) is 0.200. The van der Waals surface area contributed by atoms with Crippen molar-refractivity contribution in [3.63, 3.8) is 0 Å². The van der Waals surface area contributed by atoms with Crippen LogP contribution in [-0.4, -0.2) is 15.1 Å². The number of nitrogens with zero attached hydrogens (tertiary/aromatic N) is 3. The van der Waals surface area contributed by atoms with E-state index in [0.717, 1.165) is 50.5 Å². The van der Waals surface area contributed by atoms with Crippen molar-refractivity contribution in [2.75, 3.05) is 4.90 Å². The molecule has 7 rings (SSSR count). The number of phenolic OH excluding ortho intramolecular Hbond substituents is 1. The van der Waals surface area contributed by atoms with E-state index < -0.39 is 0 Å². The number of aryl methyl sites for hydroxylation is 1. The van der Waals surface area contributed by atoms with Crippen LogP contribution in [0.2, 0.25) is 0 Å². The topological polar surface area (TPSA) is 49.2 Å². The second-order valence-electron chi connectivity index (χ2n) is 13.4. The van der Waals surface area contributed by atoms with Crippen LogP contribution in [-0.2, 0) is 31.9 Å². The quantitative estimate of drug-likeness (QED) is 0.182. The molecular weight excluding hydrogens is 734 g/mol. The van der Waals surface area contributed by atoms with Gasteiger partial charge in [-0.25, -0.2) is 4.98 Å². The summed E-state index contributed by atoms with van der Waals surface area (Å²) < 4.78 is 0. The maximum absolute atomic E-state index is 11.0. The van der Waals surface area contributed by atoms with Crippen molar-refractivity contribution in [1.29, 1.82) is 0 Å². The average Bonchev–Trinajstić information content (AvgIpc) is 3.01. The summed E-state index contributed by atoms with van der Waals surface area (Å²) in [5.41, 5.74) is 11.1. The van der Waals surface area contributed by atoms with Crippen molar-refractivity contribution in [2.24, 2.45) is 0 Å². The first-order chi connectivity index (χ1) is 21.0. The number of hydrogen-bond donors (Lipinski definition) is 1. The minimum Gasteiger partial charge on any atom is -0.506 e. The number of aromatic nitrogens is 2. The molecule has 228 valence electrons. The molecular formula is C40H36N3OPt-. The van der Waals surface area contributed by atoms with Crippen LogP contribution in [0.3, 0.4) is 0 Å². The monoisotopic (exact) mass is 769 g/mol. The van der Waals surface area contributed by atoms with Gasteiger partial charge in [0, 0.05) is 38.3 Å². The fourth-order valence-corrected chi connectivity index (χ4v) is 6.41.